The van der Waals surface area contributed by atoms with Crippen molar-refractivity contribution in [1.82, 2.24) is 10.2 Å². The third kappa shape index (κ3) is 4.62. The van der Waals surface area contributed by atoms with Crippen LogP contribution in [0, 0.1) is 0 Å². The van der Waals surface area contributed by atoms with Gasteiger partial charge in [0.15, 0.2) is 0 Å². The average molecular weight is 458 g/mol. The minimum atomic E-state index is -1.18. The number of ether oxygens (including phenoxy) is 1. The van der Waals surface area contributed by atoms with Gasteiger partial charge in [-0.15, -0.1) is 10.2 Å². The first kappa shape index (κ1) is 20.5. The molecule has 2 aromatic carbocycles. The highest BCUT2D eigenvalue weighted by atomic mass is 35.5. The molecule has 0 fully saturated rings. The summed E-state index contributed by atoms with van der Waals surface area (Å²) in [5.41, 5.74) is 0.948. The molecule has 28 heavy (non-hydrogen) atoms. The van der Waals surface area contributed by atoms with Gasteiger partial charge in [-0.2, -0.15) is 0 Å². The van der Waals surface area contributed by atoms with Crippen LogP contribution in [0.25, 0.3) is 17.5 Å². The van der Waals surface area contributed by atoms with Crippen LogP contribution in [-0.4, -0.2) is 28.4 Å². The van der Waals surface area contributed by atoms with Crippen molar-refractivity contribution in [3.05, 3.63) is 61.9 Å². The average Bonchev–Trinajstić information content (AvgIpc) is 3.13. The summed E-state index contributed by atoms with van der Waals surface area (Å²) in [6.07, 6.45) is 1.38. The summed E-state index contributed by atoms with van der Waals surface area (Å²) in [6, 6.07) is 9.86. The maximum absolute atomic E-state index is 11.6. The molecule has 0 saturated heterocycles. The van der Waals surface area contributed by atoms with E-state index in [0.29, 0.717) is 26.9 Å². The van der Waals surface area contributed by atoms with Crippen molar-refractivity contribution in [2.45, 2.75) is 5.22 Å². The fourth-order valence-electron chi connectivity index (χ4n) is 2.21. The van der Waals surface area contributed by atoms with Gasteiger partial charge in [0.25, 0.3) is 11.1 Å². The van der Waals surface area contributed by atoms with Crippen LogP contribution in [0.4, 0.5) is 0 Å². The fraction of sp³-hybridized carbons (Fsp3) is 0.0556. The lowest BCUT2D eigenvalue weighted by Gasteiger charge is -2.05. The number of aliphatic carboxylic acids is 1. The molecule has 3 rings (SSSR count). The first-order chi connectivity index (χ1) is 13.4. The molecular formula is C18H11Cl3N2O4S. The minimum Gasteiger partial charge on any atom is -0.496 e. The van der Waals surface area contributed by atoms with Gasteiger partial charge in [0.2, 0.25) is 0 Å². The van der Waals surface area contributed by atoms with E-state index < -0.39 is 5.97 Å². The Hall–Kier alpha value is -2.19. The number of methoxy groups -OCH3 is 1. The molecule has 6 nitrogen and oxygen atoms in total. The Balaban J connectivity index is 1.92. The summed E-state index contributed by atoms with van der Waals surface area (Å²) in [5.74, 6) is -0.544. The Morgan fingerprint density at radius 2 is 2.00 bits per heavy atom. The van der Waals surface area contributed by atoms with E-state index in [2.05, 4.69) is 10.2 Å². The lowest BCUT2D eigenvalue weighted by molar-refractivity contribution is -0.131. The molecule has 0 aliphatic heterocycles. The molecule has 10 heteroatoms. The van der Waals surface area contributed by atoms with Gasteiger partial charge in [-0.25, -0.2) is 4.79 Å². The molecule has 0 aliphatic carbocycles. The zero-order valence-corrected chi connectivity index (χ0v) is 17.2. The number of carboxylic acid groups (broad SMARTS) is 1. The highest BCUT2D eigenvalue weighted by Crippen LogP contribution is 2.36. The van der Waals surface area contributed by atoms with Crippen LogP contribution in [-0.2, 0) is 4.79 Å². The van der Waals surface area contributed by atoms with Gasteiger partial charge < -0.3 is 14.3 Å². The van der Waals surface area contributed by atoms with Crippen molar-refractivity contribution >= 4 is 58.6 Å². The largest absolute Gasteiger partial charge is 0.496 e. The fourth-order valence-corrected chi connectivity index (χ4v) is 3.41. The van der Waals surface area contributed by atoms with Gasteiger partial charge in [0, 0.05) is 5.02 Å². The number of nitrogens with zero attached hydrogens (tertiary/aromatic N) is 2. The minimum absolute atomic E-state index is 0.0313. The summed E-state index contributed by atoms with van der Waals surface area (Å²) in [4.78, 5) is 11.6. The van der Waals surface area contributed by atoms with E-state index in [1.165, 1.54) is 13.2 Å². The molecular weight excluding hydrogens is 447 g/mol. The van der Waals surface area contributed by atoms with Crippen molar-refractivity contribution in [2.24, 2.45) is 0 Å². The van der Waals surface area contributed by atoms with Crippen LogP contribution in [0.2, 0.25) is 15.1 Å². The molecule has 0 radical (unpaired) electrons. The van der Waals surface area contributed by atoms with Crippen LogP contribution in [0.15, 0.2) is 50.9 Å². The number of rotatable bonds is 6. The van der Waals surface area contributed by atoms with Crippen molar-refractivity contribution in [1.29, 1.82) is 0 Å². The number of hydrogen-bond acceptors (Lipinski definition) is 6. The molecule has 0 spiro atoms. The molecule has 1 aromatic heterocycles. The first-order valence-electron chi connectivity index (χ1n) is 7.63. The zero-order valence-electron chi connectivity index (χ0n) is 14.1. The van der Waals surface area contributed by atoms with Gasteiger partial charge in [-0.3, -0.25) is 0 Å². The predicted molar refractivity (Wildman–Crippen MR) is 109 cm³/mol. The van der Waals surface area contributed by atoms with Crippen molar-refractivity contribution in [3.8, 4) is 17.2 Å². The summed E-state index contributed by atoms with van der Waals surface area (Å²) in [5, 5.41) is 18.4. The maximum atomic E-state index is 11.6. The van der Waals surface area contributed by atoms with E-state index in [4.69, 9.17) is 44.0 Å². The number of carbonyl (C=O) groups is 1. The lowest BCUT2D eigenvalue weighted by atomic mass is 10.2. The zero-order chi connectivity index (χ0) is 20.3. The normalized spacial score (nSPS) is 11.5. The highest BCUT2D eigenvalue weighted by molar-refractivity contribution is 8.03. The SMILES string of the molecule is COc1ccc(Cl)cc1-c1nnc(S/C(=C\c2cccc(Cl)c2Cl)C(=O)O)o1. The van der Waals surface area contributed by atoms with E-state index in [9.17, 15) is 9.90 Å². The summed E-state index contributed by atoms with van der Waals surface area (Å²) in [7, 11) is 1.50. The van der Waals surface area contributed by atoms with Crippen molar-refractivity contribution < 1.29 is 19.1 Å². The predicted octanol–water partition coefficient (Wildman–Crippen LogP) is 5.92. The monoisotopic (exact) mass is 456 g/mol. The topological polar surface area (TPSA) is 85.5 Å². The Labute approximate surface area is 179 Å². The summed E-state index contributed by atoms with van der Waals surface area (Å²) in [6.45, 7) is 0. The van der Waals surface area contributed by atoms with E-state index in [-0.39, 0.29) is 21.0 Å². The molecule has 0 unspecified atom stereocenters. The number of aromatic nitrogens is 2. The molecule has 0 aliphatic rings. The number of carboxylic acids is 1. The number of hydrogen-bond donors (Lipinski definition) is 1. The third-order valence-electron chi connectivity index (χ3n) is 3.47. The molecule has 0 bridgehead atoms. The molecule has 1 N–H and O–H groups in total. The second-order valence-electron chi connectivity index (χ2n) is 5.28. The van der Waals surface area contributed by atoms with Gasteiger partial charge in [-0.05, 0) is 47.7 Å². The second kappa shape index (κ2) is 8.87. The quantitative estimate of drug-likeness (QED) is 0.363. The number of benzene rings is 2. The molecule has 0 amide bonds. The lowest BCUT2D eigenvalue weighted by Crippen LogP contribution is -1.97. The second-order valence-corrected chi connectivity index (χ2v) is 7.49. The smallest absolute Gasteiger partial charge is 0.342 e. The molecule has 144 valence electrons. The van der Waals surface area contributed by atoms with E-state index in [0.717, 1.165) is 11.8 Å². The van der Waals surface area contributed by atoms with Gasteiger partial charge >= 0.3 is 5.97 Å². The Bertz CT molecular complexity index is 1070. The van der Waals surface area contributed by atoms with Crippen LogP contribution < -0.4 is 4.74 Å². The molecule has 0 atom stereocenters. The Morgan fingerprint density at radius 3 is 2.71 bits per heavy atom. The summed E-state index contributed by atoms with van der Waals surface area (Å²) < 4.78 is 10.8. The standard InChI is InChI=1S/C18H11Cl3N2O4S/c1-26-13-6-5-10(19)8-11(13)16-22-23-18(27-16)28-14(17(24)25)7-9-3-2-4-12(20)15(9)21/h2-8H,1H3,(H,24,25)/b14-7-. The number of halogens is 3. The van der Waals surface area contributed by atoms with Crippen LogP contribution in [0.5, 0.6) is 5.75 Å². The Kier molecular flexibility index (Phi) is 6.51. The Morgan fingerprint density at radius 1 is 1.21 bits per heavy atom. The summed E-state index contributed by atoms with van der Waals surface area (Å²) >= 11 is 18.9. The third-order valence-corrected chi connectivity index (χ3v) is 5.40. The van der Waals surface area contributed by atoms with Crippen LogP contribution >= 0.6 is 46.6 Å². The van der Waals surface area contributed by atoms with E-state index in [1.807, 2.05) is 0 Å². The van der Waals surface area contributed by atoms with Gasteiger partial charge in [-0.1, -0.05) is 46.9 Å². The van der Waals surface area contributed by atoms with Crippen LogP contribution in [0.1, 0.15) is 5.56 Å². The van der Waals surface area contributed by atoms with Crippen LogP contribution in [0.3, 0.4) is 0 Å². The van der Waals surface area contributed by atoms with E-state index >= 15 is 0 Å². The molecule has 3 aromatic rings. The van der Waals surface area contributed by atoms with E-state index in [1.54, 1.807) is 36.4 Å². The van der Waals surface area contributed by atoms with Gasteiger partial charge in [0.1, 0.15) is 10.7 Å². The first-order valence-corrected chi connectivity index (χ1v) is 9.58. The van der Waals surface area contributed by atoms with Crippen molar-refractivity contribution in [3.63, 3.8) is 0 Å². The highest BCUT2D eigenvalue weighted by Gasteiger charge is 2.19. The number of thioether (sulfide) groups is 1. The maximum Gasteiger partial charge on any atom is 0.342 e. The molecule has 0 saturated carbocycles. The van der Waals surface area contributed by atoms with Crippen molar-refractivity contribution in [2.75, 3.05) is 7.11 Å². The molecule has 1 heterocycles. The van der Waals surface area contributed by atoms with Gasteiger partial charge in [0.05, 0.1) is 22.7 Å².